The van der Waals surface area contributed by atoms with Gasteiger partial charge in [-0.1, -0.05) is 39.0 Å². The second kappa shape index (κ2) is 5.22. The largest absolute Gasteiger partial charge is 0.216 e. The Morgan fingerprint density at radius 2 is 1.59 bits per heavy atom. The van der Waals surface area contributed by atoms with Gasteiger partial charge in [0.2, 0.25) is 5.69 Å². The van der Waals surface area contributed by atoms with Crippen LogP contribution in [0.15, 0.2) is 42.6 Å². The van der Waals surface area contributed by atoms with Crippen LogP contribution in [0.4, 0.5) is 0 Å². The zero-order valence-electron chi connectivity index (χ0n) is 14.6. The van der Waals surface area contributed by atoms with Gasteiger partial charge >= 0.3 is 0 Å². The Morgan fingerprint density at radius 3 is 2.23 bits per heavy atom. The highest BCUT2D eigenvalue weighted by atomic mass is 15.1. The van der Waals surface area contributed by atoms with Gasteiger partial charge in [-0.15, -0.1) is 0 Å². The van der Waals surface area contributed by atoms with Crippen LogP contribution in [-0.2, 0) is 11.0 Å². The Morgan fingerprint density at radius 1 is 0.909 bits per heavy atom. The summed E-state index contributed by atoms with van der Waals surface area (Å²) in [6, 6.07) is 13.5. The molecule has 0 aliphatic carbocycles. The van der Waals surface area contributed by atoms with E-state index in [0.717, 1.165) is 19.3 Å². The highest BCUT2D eigenvalue weighted by Crippen LogP contribution is 2.51. The lowest BCUT2D eigenvalue weighted by Gasteiger charge is -2.48. The van der Waals surface area contributed by atoms with E-state index < -0.39 is 0 Å². The van der Waals surface area contributed by atoms with Gasteiger partial charge in [-0.3, -0.25) is 0 Å². The summed E-state index contributed by atoms with van der Waals surface area (Å²) in [4.78, 5) is 0. The van der Waals surface area contributed by atoms with Crippen LogP contribution in [-0.4, -0.2) is 0 Å². The van der Waals surface area contributed by atoms with Crippen molar-refractivity contribution in [3.05, 3.63) is 53.7 Å². The average molecular weight is 294 g/mol. The molecular weight excluding hydrogens is 266 g/mol. The summed E-state index contributed by atoms with van der Waals surface area (Å²) in [6.07, 6.45) is 5.78. The average Bonchev–Trinajstić information content (AvgIpc) is 2.56. The Labute approximate surface area is 135 Å². The van der Waals surface area contributed by atoms with Crippen LogP contribution in [0.3, 0.4) is 0 Å². The maximum atomic E-state index is 2.59. The fraction of sp³-hybridized carbons (Fsp3) is 0.476. The molecule has 2 heterocycles. The molecule has 0 N–H and O–H groups in total. The third-order valence-corrected chi connectivity index (χ3v) is 6.34. The summed E-state index contributed by atoms with van der Waals surface area (Å²) in [7, 11) is 0. The molecule has 0 amide bonds. The zero-order chi connectivity index (χ0) is 16.0. The van der Waals surface area contributed by atoms with Crippen LogP contribution in [0.1, 0.15) is 58.1 Å². The molecule has 0 radical (unpaired) electrons. The van der Waals surface area contributed by atoms with E-state index in [1.165, 1.54) is 22.4 Å². The molecule has 2 aromatic rings. The number of aryl methyl sites for hydroxylation is 1. The summed E-state index contributed by atoms with van der Waals surface area (Å²) in [5.41, 5.74) is 6.04. The summed E-state index contributed by atoms with van der Waals surface area (Å²) in [6.45, 7) is 11.8. The van der Waals surface area contributed by atoms with Gasteiger partial charge < -0.3 is 0 Å². The van der Waals surface area contributed by atoms with Crippen LogP contribution in [0.5, 0.6) is 0 Å². The van der Waals surface area contributed by atoms with Crippen molar-refractivity contribution in [3.8, 4) is 11.3 Å². The van der Waals surface area contributed by atoms with Crippen molar-refractivity contribution in [2.75, 3.05) is 0 Å². The Hall–Kier alpha value is -1.63. The second-order valence-electron chi connectivity index (χ2n) is 6.88. The minimum atomic E-state index is 0.150. The Balaban J connectivity index is 2.48. The first-order valence-electron chi connectivity index (χ1n) is 8.67. The highest BCUT2D eigenvalue weighted by molar-refractivity contribution is 5.67. The molecule has 1 aliphatic rings. The predicted molar refractivity (Wildman–Crippen MR) is 93.0 cm³/mol. The molecular formula is C21H28N+. The van der Waals surface area contributed by atoms with Gasteiger partial charge in [0, 0.05) is 24.5 Å². The number of pyridine rings is 1. The summed E-state index contributed by atoms with van der Waals surface area (Å²) < 4.78 is 2.59. The molecule has 1 aromatic carbocycles. The molecule has 1 nitrogen and oxygen atoms in total. The molecule has 0 fully saturated rings. The topological polar surface area (TPSA) is 3.88 Å². The van der Waals surface area contributed by atoms with E-state index in [1.807, 2.05) is 0 Å². The van der Waals surface area contributed by atoms with Crippen molar-refractivity contribution in [1.29, 1.82) is 0 Å². The molecule has 0 saturated carbocycles. The SMILES string of the molecule is CCC1(C)c2ccccc2-c2c(C)ccc[n+]2C1(CC)CC. The van der Waals surface area contributed by atoms with Crippen molar-refractivity contribution < 1.29 is 4.57 Å². The van der Waals surface area contributed by atoms with E-state index in [1.54, 1.807) is 0 Å². The molecule has 0 bridgehead atoms. The van der Waals surface area contributed by atoms with Gasteiger partial charge in [0.15, 0.2) is 11.7 Å². The van der Waals surface area contributed by atoms with Crippen molar-refractivity contribution in [1.82, 2.24) is 0 Å². The highest BCUT2D eigenvalue weighted by Gasteiger charge is 2.58. The monoisotopic (exact) mass is 294 g/mol. The van der Waals surface area contributed by atoms with E-state index in [4.69, 9.17) is 0 Å². The van der Waals surface area contributed by atoms with E-state index in [2.05, 4.69) is 81.8 Å². The van der Waals surface area contributed by atoms with E-state index in [9.17, 15) is 0 Å². The quantitative estimate of drug-likeness (QED) is 0.690. The second-order valence-corrected chi connectivity index (χ2v) is 6.88. The molecule has 0 spiro atoms. The first kappa shape index (κ1) is 15.3. The summed E-state index contributed by atoms with van der Waals surface area (Å²) in [5, 5.41) is 0. The Bertz CT molecular complexity index is 697. The number of fused-ring (bicyclic) bond motifs is 3. The number of aromatic nitrogens is 1. The van der Waals surface area contributed by atoms with E-state index >= 15 is 0 Å². The van der Waals surface area contributed by atoms with Crippen LogP contribution in [0.25, 0.3) is 11.3 Å². The molecule has 116 valence electrons. The van der Waals surface area contributed by atoms with Crippen LogP contribution >= 0.6 is 0 Å². The number of rotatable bonds is 3. The minimum absolute atomic E-state index is 0.150. The van der Waals surface area contributed by atoms with Gasteiger partial charge in [-0.25, -0.2) is 0 Å². The molecule has 1 aliphatic heterocycles. The van der Waals surface area contributed by atoms with Crippen molar-refractivity contribution in [2.45, 2.75) is 64.8 Å². The van der Waals surface area contributed by atoms with Gasteiger partial charge in [0.1, 0.15) is 0 Å². The standard InChI is InChI=1S/C21H28N/c1-6-20(5)18-14-10-9-13-17(18)19-16(4)12-11-15-22(19)21(20,7-2)8-3/h9-15H,6-8H2,1-5H3/q+1. The van der Waals surface area contributed by atoms with Crippen LogP contribution in [0.2, 0.25) is 0 Å². The molecule has 1 unspecified atom stereocenters. The smallest absolute Gasteiger partial charge is 0.192 e. The van der Waals surface area contributed by atoms with Crippen molar-refractivity contribution >= 4 is 0 Å². The number of hydrogen-bond acceptors (Lipinski definition) is 0. The predicted octanol–water partition coefficient (Wildman–Crippen LogP) is 5.15. The van der Waals surface area contributed by atoms with E-state index in [-0.39, 0.29) is 11.0 Å². The first-order chi connectivity index (χ1) is 10.6. The van der Waals surface area contributed by atoms with Gasteiger partial charge in [0.25, 0.3) is 0 Å². The number of nitrogens with zero attached hydrogens (tertiary/aromatic N) is 1. The van der Waals surface area contributed by atoms with Gasteiger partial charge in [-0.05, 0) is 38.0 Å². The van der Waals surface area contributed by atoms with Crippen molar-refractivity contribution in [3.63, 3.8) is 0 Å². The third-order valence-electron chi connectivity index (χ3n) is 6.34. The molecule has 0 saturated heterocycles. The summed E-state index contributed by atoms with van der Waals surface area (Å²) >= 11 is 0. The number of benzene rings is 1. The minimum Gasteiger partial charge on any atom is -0.192 e. The number of hydrogen-bond donors (Lipinski definition) is 0. The molecule has 1 aromatic heterocycles. The molecule has 3 rings (SSSR count). The zero-order valence-corrected chi connectivity index (χ0v) is 14.6. The molecule has 1 atom stereocenters. The lowest BCUT2D eigenvalue weighted by molar-refractivity contribution is -0.769. The first-order valence-corrected chi connectivity index (χ1v) is 8.67. The normalized spacial score (nSPS) is 22.0. The third kappa shape index (κ3) is 1.68. The van der Waals surface area contributed by atoms with E-state index in [0.29, 0.717) is 0 Å². The van der Waals surface area contributed by atoms with Crippen LogP contribution in [0, 0.1) is 6.92 Å². The maximum Gasteiger partial charge on any atom is 0.216 e. The van der Waals surface area contributed by atoms with Crippen molar-refractivity contribution in [2.24, 2.45) is 0 Å². The summed E-state index contributed by atoms with van der Waals surface area (Å²) in [5.74, 6) is 0. The lowest BCUT2D eigenvalue weighted by Crippen LogP contribution is -2.69. The maximum absolute atomic E-state index is 2.59. The van der Waals surface area contributed by atoms with Crippen LogP contribution < -0.4 is 4.57 Å². The molecule has 22 heavy (non-hydrogen) atoms. The fourth-order valence-corrected chi connectivity index (χ4v) is 4.89. The lowest BCUT2D eigenvalue weighted by atomic mass is 9.58. The Kier molecular flexibility index (Phi) is 3.63. The molecule has 1 heteroatoms. The van der Waals surface area contributed by atoms with Gasteiger partial charge in [-0.2, -0.15) is 4.57 Å². The fourth-order valence-electron chi connectivity index (χ4n) is 4.89. The van der Waals surface area contributed by atoms with Gasteiger partial charge in [0.05, 0.1) is 11.0 Å².